The van der Waals surface area contributed by atoms with Crippen LogP contribution in [0.5, 0.6) is 0 Å². The second-order valence-electron chi connectivity index (χ2n) is 3.59. The average Bonchev–Trinajstić information content (AvgIpc) is 2.77. The van der Waals surface area contributed by atoms with Crippen molar-refractivity contribution in [2.75, 3.05) is 14.2 Å². The summed E-state index contributed by atoms with van der Waals surface area (Å²) in [6.07, 6.45) is 1.43. The zero-order chi connectivity index (χ0) is 12.1. The number of carbonyl (C=O) groups excluding carboxylic acids is 1. The lowest BCUT2D eigenvalue weighted by Crippen LogP contribution is -2.34. The number of amides is 1. The molecule has 0 fully saturated rings. The third-order valence-corrected chi connectivity index (χ3v) is 2.19. The van der Waals surface area contributed by atoms with Gasteiger partial charge >= 0.3 is 5.91 Å². The highest BCUT2D eigenvalue weighted by atomic mass is 16.5. The molecule has 0 aliphatic heterocycles. The molecule has 0 unspecified atom stereocenters. The molecule has 0 atom stereocenters. The molecule has 0 spiro atoms. The van der Waals surface area contributed by atoms with Gasteiger partial charge in [-0.2, -0.15) is 4.99 Å². The zero-order valence-corrected chi connectivity index (χ0v) is 9.93. The van der Waals surface area contributed by atoms with E-state index in [4.69, 9.17) is 9.15 Å². The minimum absolute atomic E-state index is 0.197. The Morgan fingerprint density at radius 3 is 2.69 bits per heavy atom. The van der Waals surface area contributed by atoms with Gasteiger partial charge in [-0.05, 0) is 26.0 Å². The predicted octanol–water partition coefficient (Wildman–Crippen LogP) is 1.76. The van der Waals surface area contributed by atoms with Crippen LogP contribution in [0.2, 0.25) is 0 Å². The first kappa shape index (κ1) is 12.3. The summed E-state index contributed by atoms with van der Waals surface area (Å²) in [5, 5.41) is 0. The molecule has 16 heavy (non-hydrogen) atoms. The van der Waals surface area contributed by atoms with Crippen LogP contribution in [0.1, 0.15) is 24.4 Å². The maximum absolute atomic E-state index is 11.6. The first-order chi connectivity index (χ1) is 7.56. The maximum Gasteiger partial charge on any atom is 0.317 e. The Morgan fingerprint density at radius 1 is 1.56 bits per heavy atom. The van der Waals surface area contributed by atoms with Gasteiger partial charge in [-0.15, -0.1) is 0 Å². The Balaban J connectivity index is 2.84. The minimum Gasteiger partial charge on any atom is -0.468 e. The Bertz CT molecular complexity index is 369. The smallest absolute Gasteiger partial charge is 0.317 e. The summed E-state index contributed by atoms with van der Waals surface area (Å²) in [6, 6.07) is 3.68. The van der Waals surface area contributed by atoms with Crippen molar-refractivity contribution in [1.82, 2.24) is 4.90 Å². The Kier molecular flexibility index (Phi) is 4.10. The van der Waals surface area contributed by atoms with Gasteiger partial charge in [0.25, 0.3) is 6.02 Å². The molecule has 1 heterocycles. The summed E-state index contributed by atoms with van der Waals surface area (Å²) in [7, 11) is 3.29. The second-order valence-corrected chi connectivity index (χ2v) is 3.59. The minimum atomic E-state index is -0.450. The molecule has 1 amide bonds. The van der Waals surface area contributed by atoms with E-state index >= 15 is 0 Å². The topological polar surface area (TPSA) is 55.0 Å². The van der Waals surface area contributed by atoms with Crippen molar-refractivity contribution >= 4 is 11.9 Å². The highest BCUT2D eigenvalue weighted by Gasteiger charge is 2.14. The van der Waals surface area contributed by atoms with Crippen LogP contribution in [0.25, 0.3) is 0 Å². The number of amidine groups is 1. The molecule has 0 radical (unpaired) electrons. The van der Waals surface area contributed by atoms with Gasteiger partial charge in [-0.3, -0.25) is 4.79 Å². The quantitative estimate of drug-likeness (QED) is 0.567. The average molecular weight is 224 g/mol. The van der Waals surface area contributed by atoms with Gasteiger partial charge in [0.15, 0.2) is 5.76 Å². The molecule has 0 aliphatic rings. The monoisotopic (exact) mass is 224 g/mol. The lowest BCUT2D eigenvalue weighted by Gasteiger charge is -2.22. The van der Waals surface area contributed by atoms with Crippen molar-refractivity contribution in [1.29, 1.82) is 0 Å². The molecule has 0 saturated carbocycles. The molecule has 0 saturated heterocycles. The molecule has 0 bridgehead atoms. The van der Waals surface area contributed by atoms with Crippen LogP contribution in [-0.4, -0.2) is 37.0 Å². The highest BCUT2D eigenvalue weighted by molar-refractivity contribution is 5.99. The van der Waals surface area contributed by atoms with Gasteiger partial charge < -0.3 is 14.1 Å². The first-order valence-electron chi connectivity index (χ1n) is 4.99. The summed E-state index contributed by atoms with van der Waals surface area (Å²) < 4.78 is 10.0. The van der Waals surface area contributed by atoms with Crippen LogP contribution in [0.3, 0.4) is 0 Å². The second kappa shape index (κ2) is 5.34. The molecular formula is C11H16N2O3. The number of hydrogen-bond donors (Lipinski definition) is 0. The van der Waals surface area contributed by atoms with Crippen LogP contribution in [0.15, 0.2) is 27.8 Å². The van der Waals surface area contributed by atoms with Crippen molar-refractivity contribution in [2.45, 2.75) is 19.9 Å². The van der Waals surface area contributed by atoms with E-state index in [-0.39, 0.29) is 17.8 Å². The SMILES string of the molecule is COC(=NC(=O)c1ccco1)N(C)C(C)C. The van der Waals surface area contributed by atoms with Gasteiger partial charge in [0.1, 0.15) is 0 Å². The fourth-order valence-electron chi connectivity index (χ4n) is 1.03. The standard InChI is InChI=1S/C11H16N2O3/c1-8(2)13(3)11(15-4)12-10(14)9-6-5-7-16-9/h5-8H,1-4H3. The summed E-state index contributed by atoms with van der Waals surface area (Å²) >= 11 is 0. The summed E-state index contributed by atoms with van der Waals surface area (Å²) in [5.41, 5.74) is 0. The van der Waals surface area contributed by atoms with E-state index in [0.717, 1.165) is 0 Å². The van der Waals surface area contributed by atoms with Crippen molar-refractivity contribution in [3.63, 3.8) is 0 Å². The summed E-state index contributed by atoms with van der Waals surface area (Å²) in [5.74, 6) is -0.249. The fourth-order valence-corrected chi connectivity index (χ4v) is 1.03. The fraction of sp³-hybridized carbons (Fsp3) is 0.455. The molecule has 0 aromatic carbocycles. The molecule has 0 N–H and O–H groups in total. The van der Waals surface area contributed by atoms with Crippen LogP contribution in [-0.2, 0) is 4.74 Å². The van der Waals surface area contributed by atoms with Crippen molar-refractivity contribution < 1.29 is 13.9 Å². The lowest BCUT2D eigenvalue weighted by molar-refractivity contribution is 0.0969. The number of nitrogens with zero attached hydrogens (tertiary/aromatic N) is 2. The van der Waals surface area contributed by atoms with Crippen LogP contribution < -0.4 is 0 Å². The lowest BCUT2D eigenvalue weighted by atomic mass is 10.4. The highest BCUT2D eigenvalue weighted by Crippen LogP contribution is 2.04. The Hall–Kier alpha value is -1.78. The van der Waals surface area contributed by atoms with E-state index in [0.29, 0.717) is 0 Å². The van der Waals surface area contributed by atoms with E-state index < -0.39 is 5.91 Å². The predicted molar refractivity (Wildman–Crippen MR) is 60.4 cm³/mol. The number of carbonyl (C=O) groups is 1. The van der Waals surface area contributed by atoms with Crippen molar-refractivity contribution in [3.05, 3.63) is 24.2 Å². The van der Waals surface area contributed by atoms with Crippen molar-refractivity contribution in [2.24, 2.45) is 4.99 Å². The van der Waals surface area contributed by atoms with Crippen LogP contribution in [0.4, 0.5) is 0 Å². The first-order valence-corrected chi connectivity index (χ1v) is 4.99. The van der Waals surface area contributed by atoms with E-state index in [1.807, 2.05) is 20.9 Å². The summed E-state index contributed by atoms with van der Waals surface area (Å²) in [6.45, 7) is 3.96. The molecule has 1 aromatic heterocycles. The van der Waals surface area contributed by atoms with E-state index in [9.17, 15) is 4.79 Å². The number of rotatable bonds is 2. The number of ether oxygens (including phenoxy) is 1. The van der Waals surface area contributed by atoms with Gasteiger partial charge in [0.2, 0.25) is 0 Å². The molecule has 0 aliphatic carbocycles. The Morgan fingerprint density at radius 2 is 2.25 bits per heavy atom. The zero-order valence-electron chi connectivity index (χ0n) is 9.93. The molecular weight excluding hydrogens is 208 g/mol. The van der Waals surface area contributed by atoms with E-state index in [1.165, 1.54) is 13.4 Å². The molecule has 88 valence electrons. The summed E-state index contributed by atoms with van der Waals surface area (Å²) in [4.78, 5) is 17.2. The maximum atomic E-state index is 11.6. The van der Waals surface area contributed by atoms with Crippen LogP contribution in [0, 0.1) is 0 Å². The normalized spacial score (nSPS) is 11.7. The van der Waals surface area contributed by atoms with Gasteiger partial charge in [0.05, 0.1) is 13.4 Å². The number of furan rings is 1. The third-order valence-electron chi connectivity index (χ3n) is 2.19. The van der Waals surface area contributed by atoms with E-state index in [2.05, 4.69) is 4.99 Å². The van der Waals surface area contributed by atoms with Gasteiger partial charge in [-0.25, -0.2) is 0 Å². The van der Waals surface area contributed by atoms with Gasteiger partial charge in [-0.1, -0.05) is 0 Å². The van der Waals surface area contributed by atoms with Crippen LogP contribution >= 0.6 is 0 Å². The number of methoxy groups -OCH3 is 1. The molecule has 1 aromatic rings. The van der Waals surface area contributed by atoms with Crippen molar-refractivity contribution in [3.8, 4) is 0 Å². The number of aliphatic imine (C=N–C) groups is 1. The molecule has 5 heteroatoms. The molecule has 5 nitrogen and oxygen atoms in total. The largest absolute Gasteiger partial charge is 0.468 e. The van der Waals surface area contributed by atoms with Gasteiger partial charge in [0, 0.05) is 13.1 Å². The molecule has 1 rings (SSSR count). The number of hydrogen-bond acceptors (Lipinski definition) is 3. The Labute approximate surface area is 94.7 Å². The third kappa shape index (κ3) is 2.85. The van der Waals surface area contributed by atoms with E-state index in [1.54, 1.807) is 17.0 Å².